The van der Waals surface area contributed by atoms with Crippen molar-refractivity contribution in [2.45, 2.75) is 24.2 Å². The van der Waals surface area contributed by atoms with Crippen LogP contribution in [0.2, 0.25) is 0 Å². The number of aromatic hydroxyl groups is 1. The molecule has 0 unspecified atom stereocenters. The summed E-state index contributed by atoms with van der Waals surface area (Å²) in [4.78, 5) is 12.5. The van der Waals surface area contributed by atoms with E-state index in [9.17, 15) is 18.3 Å². The van der Waals surface area contributed by atoms with Crippen LogP contribution in [-0.2, 0) is 10.0 Å². The Morgan fingerprint density at radius 1 is 1.14 bits per heavy atom. The van der Waals surface area contributed by atoms with Crippen molar-refractivity contribution in [3.8, 4) is 11.5 Å². The van der Waals surface area contributed by atoms with Gasteiger partial charge in [0.1, 0.15) is 16.4 Å². The number of piperidine rings is 1. The number of carbonyl (C=O) groups excluding carboxylic acids is 1. The van der Waals surface area contributed by atoms with Gasteiger partial charge in [0.15, 0.2) is 0 Å². The Balaban J connectivity index is 1.92. The highest BCUT2D eigenvalue weighted by Gasteiger charge is 2.29. The summed E-state index contributed by atoms with van der Waals surface area (Å²) in [5.74, 6) is -0.505. The van der Waals surface area contributed by atoms with Crippen molar-refractivity contribution in [2.75, 3.05) is 25.5 Å². The number of amides is 1. The van der Waals surface area contributed by atoms with Crippen LogP contribution in [0.4, 0.5) is 5.69 Å². The third kappa shape index (κ3) is 4.31. The molecule has 1 fully saturated rings. The lowest BCUT2D eigenvalue weighted by molar-refractivity contribution is 0.102. The molecular formula is C19H21BrN2O5S. The predicted molar refractivity (Wildman–Crippen MR) is 109 cm³/mol. The first-order chi connectivity index (χ1) is 13.3. The highest BCUT2D eigenvalue weighted by Crippen LogP contribution is 2.31. The number of benzene rings is 2. The molecule has 0 bridgehead atoms. The quantitative estimate of drug-likeness (QED) is 0.698. The molecule has 0 saturated carbocycles. The van der Waals surface area contributed by atoms with Gasteiger partial charge in [-0.3, -0.25) is 4.79 Å². The van der Waals surface area contributed by atoms with Crippen LogP contribution in [0.25, 0.3) is 0 Å². The largest absolute Gasteiger partial charge is 0.507 e. The lowest BCUT2D eigenvalue weighted by Crippen LogP contribution is -2.35. The number of halogens is 1. The molecule has 3 rings (SSSR count). The summed E-state index contributed by atoms with van der Waals surface area (Å²) in [5, 5.41) is 12.6. The first kappa shape index (κ1) is 20.6. The van der Waals surface area contributed by atoms with Gasteiger partial charge in [-0.05, 0) is 49.2 Å². The number of anilines is 1. The predicted octanol–water partition coefficient (Wildman–Crippen LogP) is 3.59. The molecule has 1 aliphatic heterocycles. The van der Waals surface area contributed by atoms with Crippen molar-refractivity contribution in [1.82, 2.24) is 4.31 Å². The maximum atomic E-state index is 13.1. The van der Waals surface area contributed by atoms with E-state index in [-0.39, 0.29) is 22.0 Å². The Labute approximate surface area is 172 Å². The van der Waals surface area contributed by atoms with Crippen molar-refractivity contribution in [2.24, 2.45) is 0 Å². The van der Waals surface area contributed by atoms with Gasteiger partial charge in [-0.15, -0.1) is 0 Å². The molecular weight excluding hydrogens is 448 g/mol. The summed E-state index contributed by atoms with van der Waals surface area (Å²) in [6.45, 7) is 0.933. The molecule has 0 atom stereocenters. The standard InChI is InChI=1S/C19H21BrN2O5S/c1-27-17-8-6-14(21-19(24)15-11-13(20)5-7-16(15)23)12-18(17)28(25,26)22-9-3-2-4-10-22/h5-8,11-12,23H,2-4,9-10H2,1H3,(H,21,24). The Kier molecular flexibility index (Phi) is 6.26. The first-order valence-electron chi connectivity index (χ1n) is 8.81. The number of hydrogen-bond acceptors (Lipinski definition) is 5. The Morgan fingerprint density at radius 3 is 2.54 bits per heavy atom. The lowest BCUT2D eigenvalue weighted by Gasteiger charge is -2.26. The fourth-order valence-electron chi connectivity index (χ4n) is 3.09. The van der Waals surface area contributed by atoms with E-state index in [0.717, 1.165) is 19.3 Å². The fraction of sp³-hybridized carbons (Fsp3) is 0.316. The minimum absolute atomic E-state index is 0.00756. The monoisotopic (exact) mass is 468 g/mol. The highest BCUT2D eigenvalue weighted by molar-refractivity contribution is 9.10. The average molecular weight is 469 g/mol. The highest BCUT2D eigenvalue weighted by atomic mass is 79.9. The second kappa shape index (κ2) is 8.50. The first-order valence-corrected chi connectivity index (χ1v) is 11.0. The SMILES string of the molecule is COc1ccc(NC(=O)c2cc(Br)ccc2O)cc1S(=O)(=O)N1CCCCC1. The molecule has 0 aliphatic carbocycles. The third-order valence-corrected chi connectivity index (χ3v) is 6.97. The van der Waals surface area contributed by atoms with Crippen LogP contribution in [0.3, 0.4) is 0 Å². The number of phenolic OH excluding ortho intramolecular Hbond substituents is 1. The number of rotatable bonds is 5. The Hall–Kier alpha value is -2.10. The molecule has 0 spiro atoms. The van der Waals surface area contributed by atoms with E-state index >= 15 is 0 Å². The van der Waals surface area contributed by atoms with E-state index in [2.05, 4.69) is 21.2 Å². The zero-order chi connectivity index (χ0) is 20.3. The van der Waals surface area contributed by atoms with Crippen molar-refractivity contribution in [3.05, 3.63) is 46.4 Å². The summed E-state index contributed by atoms with van der Waals surface area (Å²) in [6, 6.07) is 8.95. The van der Waals surface area contributed by atoms with Crippen molar-refractivity contribution >= 4 is 37.5 Å². The second-order valence-electron chi connectivity index (χ2n) is 6.45. The molecule has 2 aromatic carbocycles. The van der Waals surface area contributed by atoms with Crippen LogP contribution in [0, 0.1) is 0 Å². The molecule has 0 radical (unpaired) electrons. The topological polar surface area (TPSA) is 95.9 Å². The van der Waals surface area contributed by atoms with Crippen LogP contribution in [0.1, 0.15) is 29.6 Å². The van der Waals surface area contributed by atoms with E-state index < -0.39 is 15.9 Å². The van der Waals surface area contributed by atoms with E-state index in [1.54, 1.807) is 12.1 Å². The van der Waals surface area contributed by atoms with Crippen LogP contribution >= 0.6 is 15.9 Å². The van der Waals surface area contributed by atoms with Gasteiger partial charge in [0.25, 0.3) is 5.91 Å². The van der Waals surface area contributed by atoms with E-state index in [0.29, 0.717) is 23.2 Å². The number of nitrogens with one attached hydrogen (secondary N) is 1. The van der Waals surface area contributed by atoms with Gasteiger partial charge in [0.2, 0.25) is 10.0 Å². The van der Waals surface area contributed by atoms with Gasteiger partial charge in [0.05, 0.1) is 12.7 Å². The van der Waals surface area contributed by atoms with Gasteiger partial charge in [-0.25, -0.2) is 8.42 Å². The van der Waals surface area contributed by atoms with Gasteiger partial charge in [0, 0.05) is 23.2 Å². The molecule has 1 saturated heterocycles. The molecule has 1 aliphatic rings. The minimum Gasteiger partial charge on any atom is -0.507 e. The molecule has 1 amide bonds. The summed E-state index contributed by atoms with van der Waals surface area (Å²) in [7, 11) is -2.34. The number of sulfonamides is 1. The Morgan fingerprint density at radius 2 is 1.86 bits per heavy atom. The molecule has 1 heterocycles. The summed E-state index contributed by atoms with van der Waals surface area (Å²) in [6.07, 6.45) is 2.65. The normalized spacial score (nSPS) is 15.2. The zero-order valence-corrected chi connectivity index (χ0v) is 17.7. The van der Waals surface area contributed by atoms with E-state index in [4.69, 9.17) is 4.74 Å². The van der Waals surface area contributed by atoms with Crippen LogP contribution in [0.5, 0.6) is 11.5 Å². The van der Waals surface area contributed by atoms with Gasteiger partial charge < -0.3 is 15.2 Å². The summed E-state index contributed by atoms with van der Waals surface area (Å²) < 4.78 is 33.4. The number of methoxy groups -OCH3 is 1. The average Bonchev–Trinajstić information content (AvgIpc) is 2.70. The van der Waals surface area contributed by atoms with Crippen LogP contribution in [-0.4, -0.2) is 43.9 Å². The van der Waals surface area contributed by atoms with Crippen molar-refractivity contribution in [1.29, 1.82) is 0 Å². The Bertz CT molecular complexity index is 988. The zero-order valence-electron chi connectivity index (χ0n) is 15.3. The molecule has 2 N–H and O–H groups in total. The molecule has 150 valence electrons. The number of nitrogens with zero attached hydrogens (tertiary/aromatic N) is 1. The van der Waals surface area contributed by atoms with Gasteiger partial charge in [-0.1, -0.05) is 22.4 Å². The summed E-state index contributed by atoms with van der Waals surface area (Å²) in [5.41, 5.74) is 0.367. The summed E-state index contributed by atoms with van der Waals surface area (Å²) >= 11 is 3.26. The van der Waals surface area contributed by atoms with E-state index in [1.807, 2.05) is 0 Å². The maximum Gasteiger partial charge on any atom is 0.259 e. The van der Waals surface area contributed by atoms with Crippen LogP contribution < -0.4 is 10.1 Å². The van der Waals surface area contributed by atoms with Gasteiger partial charge >= 0.3 is 0 Å². The maximum absolute atomic E-state index is 13.1. The number of ether oxygens (including phenoxy) is 1. The molecule has 2 aromatic rings. The minimum atomic E-state index is -3.74. The van der Waals surface area contributed by atoms with Gasteiger partial charge in [-0.2, -0.15) is 4.31 Å². The number of phenols is 1. The number of carbonyl (C=O) groups is 1. The van der Waals surface area contributed by atoms with Crippen molar-refractivity contribution in [3.63, 3.8) is 0 Å². The lowest BCUT2D eigenvalue weighted by atomic mass is 10.2. The van der Waals surface area contributed by atoms with Crippen molar-refractivity contribution < 1.29 is 23.1 Å². The second-order valence-corrected chi connectivity index (χ2v) is 9.27. The molecule has 0 aromatic heterocycles. The fourth-order valence-corrected chi connectivity index (χ4v) is 5.15. The molecule has 7 nitrogen and oxygen atoms in total. The molecule has 28 heavy (non-hydrogen) atoms. The van der Waals surface area contributed by atoms with E-state index in [1.165, 1.54) is 35.7 Å². The third-order valence-electron chi connectivity index (χ3n) is 4.56. The van der Waals surface area contributed by atoms with Crippen LogP contribution in [0.15, 0.2) is 45.8 Å². The smallest absolute Gasteiger partial charge is 0.259 e. The number of hydrogen-bond donors (Lipinski definition) is 2. The molecule has 9 heteroatoms.